The maximum absolute atomic E-state index is 11.1. The summed E-state index contributed by atoms with van der Waals surface area (Å²) in [5, 5.41) is 21.7. The fourth-order valence-electron chi connectivity index (χ4n) is 0.837. The standard InChI is InChI=1S/C9H14N2O4/c1-3-4-6(2)10-9(15)11-7(5-12)8(13)14/h1,6-7,12H,4-5H2,2H3,(H,13,14)(H2,10,11,15)/t6?,7-/m0/s1. The summed E-state index contributed by atoms with van der Waals surface area (Å²) in [5.74, 6) is 1.06. The summed E-state index contributed by atoms with van der Waals surface area (Å²) in [7, 11) is 0. The lowest BCUT2D eigenvalue weighted by molar-refractivity contribution is -0.140. The highest BCUT2D eigenvalue weighted by Crippen LogP contribution is 1.88. The molecule has 15 heavy (non-hydrogen) atoms. The molecule has 1 unspecified atom stereocenters. The molecular weight excluding hydrogens is 200 g/mol. The molecule has 0 aromatic carbocycles. The van der Waals surface area contributed by atoms with E-state index in [1.54, 1.807) is 6.92 Å². The summed E-state index contributed by atoms with van der Waals surface area (Å²) < 4.78 is 0. The molecule has 4 N–H and O–H groups in total. The van der Waals surface area contributed by atoms with Gasteiger partial charge < -0.3 is 20.8 Å². The van der Waals surface area contributed by atoms with Crippen LogP contribution in [0.5, 0.6) is 0 Å². The predicted molar refractivity (Wildman–Crippen MR) is 53.1 cm³/mol. The van der Waals surface area contributed by atoms with Crippen molar-refractivity contribution in [2.24, 2.45) is 0 Å². The third-order valence-electron chi connectivity index (χ3n) is 1.59. The van der Waals surface area contributed by atoms with E-state index < -0.39 is 24.6 Å². The molecule has 0 rings (SSSR count). The van der Waals surface area contributed by atoms with Gasteiger partial charge in [0.1, 0.15) is 0 Å². The average Bonchev–Trinajstić information content (AvgIpc) is 2.13. The van der Waals surface area contributed by atoms with Crippen LogP contribution in [-0.4, -0.2) is 40.9 Å². The van der Waals surface area contributed by atoms with Crippen molar-refractivity contribution >= 4 is 12.0 Å². The van der Waals surface area contributed by atoms with E-state index in [-0.39, 0.29) is 6.04 Å². The van der Waals surface area contributed by atoms with E-state index in [2.05, 4.69) is 16.6 Å². The van der Waals surface area contributed by atoms with E-state index in [0.29, 0.717) is 6.42 Å². The Labute approximate surface area is 87.7 Å². The fourth-order valence-corrected chi connectivity index (χ4v) is 0.837. The van der Waals surface area contributed by atoms with Crippen LogP contribution in [0.4, 0.5) is 4.79 Å². The highest BCUT2D eigenvalue weighted by molar-refractivity contribution is 5.82. The van der Waals surface area contributed by atoms with Gasteiger partial charge in [-0.25, -0.2) is 9.59 Å². The van der Waals surface area contributed by atoms with Crippen LogP contribution in [0, 0.1) is 12.3 Å². The summed E-state index contributed by atoms with van der Waals surface area (Å²) in [6, 6.07) is -2.22. The third kappa shape index (κ3) is 5.54. The second-order valence-corrected chi connectivity index (χ2v) is 3.00. The predicted octanol–water partition coefficient (Wildman–Crippen LogP) is -0.857. The Morgan fingerprint density at radius 2 is 2.07 bits per heavy atom. The molecule has 0 saturated heterocycles. The van der Waals surface area contributed by atoms with Crippen molar-refractivity contribution in [3.63, 3.8) is 0 Å². The number of hydrogen-bond acceptors (Lipinski definition) is 3. The molecular formula is C9H14N2O4. The Bertz CT molecular complexity index is 272. The molecule has 0 radical (unpaired) electrons. The van der Waals surface area contributed by atoms with Crippen LogP contribution in [0.3, 0.4) is 0 Å². The summed E-state index contributed by atoms with van der Waals surface area (Å²) in [4.78, 5) is 21.6. The van der Waals surface area contributed by atoms with Gasteiger partial charge in [-0.1, -0.05) is 0 Å². The highest BCUT2D eigenvalue weighted by atomic mass is 16.4. The van der Waals surface area contributed by atoms with Crippen molar-refractivity contribution in [2.45, 2.75) is 25.4 Å². The van der Waals surface area contributed by atoms with Gasteiger partial charge >= 0.3 is 12.0 Å². The van der Waals surface area contributed by atoms with Gasteiger partial charge in [-0.2, -0.15) is 0 Å². The van der Waals surface area contributed by atoms with E-state index in [0.717, 1.165) is 0 Å². The van der Waals surface area contributed by atoms with Gasteiger partial charge in [0.05, 0.1) is 6.61 Å². The van der Waals surface area contributed by atoms with Crippen LogP contribution in [0.15, 0.2) is 0 Å². The first-order valence-electron chi connectivity index (χ1n) is 4.35. The van der Waals surface area contributed by atoms with Crippen molar-refractivity contribution < 1.29 is 19.8 Å². The molecule has 84 valence electrons. The van der Waals surface area contributed by atoms with E-state index in [1.807, 2.05) is 0 Å². The summed E-state index contributed by atoms with van der Waals surface area (Å²) in [6.07, 6.45) is 5.38. The molecule has 0 aliphatic carbocycles. The number of carbonyl (C=O) groups is 2. The van der Waals surface area contributed by atoms with Crippen molar-refractivity contribution in [3.8, 4) is 12.3 Å². The molecule has 0 bridgehead atoms. The molecule has 6 nitrogen and oxygen atoms in total. The van der Waals surface area contributed by atoms with Gasteiger partial charge in [-0.15, -0.1) is 12.3 Å². The smallest absolute Gasteiger partial charge is 0.328 e. The number of carboxylic acids is 1. The minimum absolute atomic E-state index is 0.247. The first kappa shape index (κ1) is 13.3. The monoisotopic (exact) mass is 214 g/mol. The molecule has 2 amide bonds. The van der Waals surface area contributed by atoms with Gasteiger partial charge in [0.15, 0.2) is 6.04 Å². The zero-order chi connectivity index (χ0) is 11.8. The zero-order valence-corrected chi connectivity index (χ0v) is 8.36. The number of urea groups is 1. The lowest BCUT2D eigenvalue weighted by atomic mass is 10.2. The first-order chi connectivity index (χ1) is 7.01. The number of carbonyl (C=O) groups excluding carboxylic acids is 1. The first-order valence-corrected chi connectivity index (χ1v) is 4.35. The molecule has 0 heterocycles. The quantitative estimate of drug-likeness (QED) is 0.448. The van der Waals surface area contributed by atoms with E-state index in [1.165, 1.54) is 0 Å². The molecule has 0 spiro atoms. The number of amides is 2. The molecule has 0 fully saturated rings. The number of aliphatic carboxylic acids is 1. The third-order valence-corrected chi connectivity index (χ3v) is 1.59. The van der Waals surface area contributed by atoms with Gasteiger partial charge in [0.2, 0.25) is 0 Å². The maximum Gasteiger partial charge on any atom is 0.328 e. The number of aliphatic hydroxyl groups is 1. The molecule has 0 aromatic heterocycles. The van der Waals surface area contributed by atoms with Gasteiger partial charge in [-0.05, 0) is 6.92 Å². The normalized spacial score (nSPS) is 13.4. The molecule has 0 saturated carbocycles. The van der Waals surface area contributed by atoms with Gasteiger partial charge in [-0.3, -0.25) is 0 Å². The molecule has 0 aromatic rings. The van der Waals surface area contributed by atoms with Crippen molar-refractivity contribution in [1.82, 2.24) is 10.6 Å². The minimum atomic E-state index is -1.30. The number of carboxylic acid groups (broad SMARTS) is 1. The number of rotatable bonds is 5. The van der Waals surface area contributed by atoms with Crippen LogP contribution in [-0.2, 0) is 4.79 Å². The highest BCUT2D eigenvalue weighted by Gasteiger charge is 2.18. The number of nitrogens with one attached hydrogen (secondary N) is 2. The van der Waals surface area contributed by atoms with Crippen LogP contribution in [0.1, 0.15) is 13.3 Å². The molecule has 6 heteroatoms. The number of aliphatic hydroxyl groups excluding tert-OH is 1. The second kappa shape index (κ2) is 6.68. The van der Waals surface area contributed by atoms with Crippen LogP contribution in [0.2, 0.25) is 0 Å². The van der Waals surface area contributed by atoms with Gasteiger partial charge in [0.25, 0.3) is 0 Å². The zero-order valence-electron chi connectivity index (χ0n) is 8.36. The van der Waals surface area contributed by atoms with Crippen LogP contribution < -0.4 is 10.6 Å². The summed E-state index contributed by atoms with van der Waals surface area (Å²) in [6.45, 7) is 1.03. The Hall–Kier alpha value is -1.74. The summed E-state index contributed by atoms with van der Waals surface area (Å²) in [5.41, 5.74) is 0. The number of hydrogen-bond donors (Lipinski definition) is 4. The molecule has 2 atom stereocenters. The Balaban J connectivity index is 4.02. The lowest BCUT2D eigenvalue weighted by Crippen LogP contribution is -2.49. The van der Waals surface area contributed by atoms with E-state index in [4.69, 9.17) is 16.6 Å². The van der Waals surface area contributed by atoms with Crippen molar-refractivity contribution in [2.75, 3.05) is 6.61 Å². The second-order valence-electron chi connectivity index (χ2n) is 3.00. The SMILES string of the molecule is C#CCC(C)NC(=O)N[C@@H](CO)C(=O)O. The van der Waals surface area contributed by atoms with E-state index >= 15 is 0 Å². The molecule has 0 aliphatic heterocycles. The average molecular weight is 214 g/mol. The largest absolute Gasteiger partial charge is 0.480 e. The van der Waals surface area contributed by atoms with Crippen molar-refractivity contribution in [1.29, 1.82) is 0 Å². The summed E-state index contributed by atoms with van der Waals surface area (Å²) >= 11 is 0. The van der Waals surface area contributed by atoms with Crippen molar-refractivity contribution in [3.05, 3.63) is 0 Å². The van der Waals surface area contributed by atoms with Crippen LogP contribution in [0.25, 0.3) is 0 Å². The van der Waals surface area contributed by atoms with E-state index in [9.17, 15) is 9.59 Å². The Morgan fingerprint density at radius 3 is 2.47 bits per heavy atom. The number of terminal acetylenes is 1. The molecule has 0 aliphatic rings. The van der Waals surface area contributed by atoms with Crippen LogP contribution >= 0.6 is 0 Å². The maximum atomic E-state index is 11.1. The topological polar surface area (TPSA) is 98.7 Å². The fraction of sp³-hybridized carbons (Fsp3) is 0.556. The minimum Gasteiger partial charge on any atom is -0.480 e. The Morgan fingerprint density at radius 1 is 1.47 bits per heavy atom. The van der Waals surface area contributed by atoms with Gasteiger partial charge in [0, 0.05) is 12.5 Å². The Kier molecular flexibility index (Phi) is 5.90. The lowest BCUT2D eigenvalue weighted by Gasteiger charge is -2.15.